The van der Waals surface area contributed by atoms with Crippen molar-refractivity contribution in [2.24, 2.45) is 0 Å². The fourth-order valence-electron chi connectivity index (χ4n) is 2.84. The average molecular weight is 328 g/mol. The SMILES string of the molecule is N#Cc1ccccc1OCCN1CCN(CC(=O)NC2CC2)CC1. The lowest BCUT2D eigenvalue weighted by molar-refractivity contribution is -0.122. The van der Waals surface area contributed by atoms with Crippen molar-refractivity contribution < 1.29 is 9.53 Å². The zero-order valence-electron chi connectivity index (χ0n) is 13.9. The van der Waals surface area contributed by atoms with E-state index in [4.69, 9.17) is 10.00 Å². The van der Waals surface area contributed by atoms with Gasteiger partial charge in [-0.2, -0.15) is 5.26 Å². The molecule has 1 aliphatic carbocycles. The van der Waals surface area contributed by atoms with Gasteiger partial charge < -0.3 is 10.1 Å². The monoisotopic (exact) mass is 328 g/mol. The third-order valence-electron chi connectivity index (χ3n) is 4.45. The van der Waals surface area contributed by atoms with Crippen molar-refractivity contribution in [3.8, 4) is 11.8 Å². The fourth-order valence-corrected chi connectivity index (χ4v) is 2.84. The van der Waals surface area contributed by atoms with E-state index in [1.807, 2.05) is 18.2 Å². The van der Waals surface area contributed by atoms with Gasteiger partial charge in [0.05, 0.1) is 12.1 Å². The first-order valence-corrected chi connectivity index (χ1v) is 8.60. The van der Waals surface area contributed by atoms with Crippen molar-refractivity contribution in [3.63, 3.8) is 0 Å². The number of nitrogens with zero attached hydrogens (tertiary/aromatic N) is 3. The maximum atomic E-state index is 11.8. The predicted molar refractivity (Wildman–Crippen MR) is 90.7 cm³/mol. The molecule has 0 unspecified atom stereocenters. The topological polar surface area (TPSA) is 68.6 Å². The van der Waals surface area contributed by atoms with Crippen molar-refractivity contribution in [1.82, 2.24) is 15.1 Å². The van der Waals surface area contributed by atoms with Crippen LogP contribution < -0.4 is 10.1 Å². The van der Waals surface area contributed by atoms with E-state index in [2.05, 4.69) is 21.2 Å². The first kappa shape index (κ1) is 16.7. The highest BCUT2D eigenvalue weighted by Crippen LogP contribution is 2.18. The van der Waals surface area contributed by atoms with Gasteiger partial charge in [0.1, 0.15) is 18.4 Å². The van der Waals surface area contributed by atoms with E-state index >= 15 is 0 Å². The van der Waals surface area contributed by atoms with Gasteiger partial charge in [0, 0.05) is 38.8 Å². The number of carbonyl (C=O) groups is 1. The molecule has 6 nitrogen and oxygen atoms in total. The Balaban J connectivity index is 1.33. The van der Waals surface area contributed by atoms with Crippen LogP contribution in [0.1, 0.15) is 18.4 Å². The second kappa shape index (κ2) is 8.13. The molecule has 1 N–H and O–H groups in total. The van der Waals surface area contributed by atoms with E-state index in [9.17, 15) is 4.79 Å². The van der Waals surface area contributed by atoms with Gasteiger partial charge in [0.2, 0.25) is 5.91 Å². The second-order valence-corrected chi connectivity index (χ2v) is 6.42. The molecule has 1 aromatic rings. The summed E-state index contributed by atoms with van der Waals surface area (Å²) in [7, 11) is 0. The Morgan fingerprint density at radius 2 is 1.92 bits per heavy atom. The number of hydrogen-bond acceptors (Lipinski definition) is 5. The quantitative estimate of drug-likeness (QED) is 0.803. The highest BCUT2D eigenvalue weighted by atomic mass is 16.5. The molecule has 0 atom stereocenters. The standard InChI is InChI=1S/C18H24N4O2/c19-13-15-3-1-2-4-17(15)24-12-11-21-7-9-22(10-8-21)14-18(23)20-16-5-6-16/h1-4,16H,5-12,14H2,(H,20,23). The fraction of sp³-hybridized carbons (Fsp3) is 0.556. The van der Waals surface area contributed by atoms with Crippen molar-refractivity contribution in [2.75, 3.05) is 45.9 Å². The number of hydrogen-bond donors (Lipinski definition) is 1. The minimum atomic E-state index is 0.155. The summed E-state index contributed by atoms with van der Waals surface area (Å²) < 4.78 is 5.73. The minimum absolute atomic E-state index is 0.155. The number of nitriles is 1. The molecule has 0 radical (unpaired) electrons. The molecule has 0 spiro atoms. The molecule has 1 aliphatic heterocycles. The maximum Gasteiger partial charge on any atom is 0.234 e. The van der Waals surface area contributed by atoms with Crippen molar-refractivity contribution in [2.45, 2.75) is 18.9 Å². The largest absolute Gasteiger partial charge is 0.491 e. The van der Waals surface area contributed by atoms with E-state index in [1.54, 1.807) is 6.07 Å². The van der Waals surface area contributed by atoms with Crippen LogP contribution in [-0.2, 0) is 4.79 Å². The van der Waals surface area contributed by atoms with Gasteiger partial charge in [-0.25, -0.2) is 0 Å². The number of benzene rings is 1. The zero-order chi connectivity index (χ0) is 16.8. The Bertz CT molecular complexity index is 601. The molecule has 1 saturated carbocycles. The third kappa shape index (κ3) is 4.95. The number of amides is 1. The third-order valence-corrected chi connectivity index (χ3v) is 4.45. The highest BCUT2D eigenvalue weighted by molar-refractivity contribution is 5.78. The number of rotatable bonds is 7. The lowest BCUT2D eigenvalue weighted by Gasteiger charge is -2.34. The maximum absolute atomic E-state index is 11.8. The van der Waals surface area contributed by atoms with Crippen LogP contribution in [0.25, 0.3) is 0 Å². The molecule has 3 rings (SSSR count). The summed E-state index contributed by atoms with van der Waals surface area (Å²) in [6, 6.07) is 9.89. The van der Waals surface area contributed by atoms with E-state index in [0.717, 1.165) is 45.6 Å². The first-order chi connectivity index (χ1) is 11.7. The van der Waals surface area contributed by atoms with Gasteiger partial charge in [-0.15, -0.1) is 0 Å². The lowest BCUT2D eigenvalue weighted by atomic mass is 10.2. The summed E-state index contributed by atoms with van der Waals surface area (Å²) in [5.41, 5.74) is 0.573. The van der Waals surface area contributed by atoms with Crippen LogP contribution in [-0.4, -0.2) is 67.6 Å². The number of ether oxygens (including phenoxy) is 1. The summed E-state index contributed by atoms with van der Waals surface area (Å²) in [5.74, 6) is 0.803. The molecule has 2 fully saturated rings. The zero-order valence-corrected chi connectivity index (χ0v) is 13.9. The van der Waals surface area contributed by atoms with E-state index < -0.39 is 0 Å². The van der Waals surface area contributed by atoms with Gasteiger partial charge >= 0.3 is 0 Å². The molecule has 1 heterocycles. The van der Waals surface area contributed by atoms with E-state index in [-0.39, 0.29) is 5.91 Å². The Labute approximate surface area is 143 Å². The van der Waals surface area contributed by atoms with Crippen LogP contribution in [0.2, 0.25) is 0 Å². The molecule has 24 heavy (non-hydrogen) atoms. The van der Waals surface area contributed by atoms with Crippen LogP contribution in [0.5, 0.6) is 5.75 Å². The number of piperazine rings is 1. The molecule has 1 amide bonds. The predicted octanol–water partition coefficient (Wildman–Crippen LogP) is 0.833. The van der Waals surface area contributed by atoms with Crippen molar-refractivity contribution >= 4 is 5.91 Å². The molecule has 6 heteroatoms. The van der Waals surface area contributed by atoms with E-state index in [1.165, 1.54) is 0 Å². The molecule has 0 bridgehead atoms. The van der Waals surface area contributed by atoms with Crippen LogP contribution in [0.3, 0.4) is 0 Å². The lowest BCUT2D eigenvalue weighted by Crippen LogP contribution is -2.50. The second-order valence-electron chi connectivity index (χ2n) is 6.42. The van der Waals surface area contributed by atoms with E-state index in [0.29, 0.717) is 30.5 Å². The summed E-state index contributed by atoms with van der Waals surface area (Å²) in [6.07, 6.45) is 2.27. The summed E-state index contributed by atoms with van der Waals surface area (Å²) in [6.45, 7) is 5.62. The van der Waals surface area contributed by atoms with Gasteiger partial charge in [0.15, 0.2) is 0 Å². The smallest absolute Gasteiger partial charge is 0.234 e. The summed E-state index contributed by atoms with van der Waals surface area (Å²) >= 11 is 0. The average Bonchev–Trinajstić information content (AvgIpc) is 3.40. The molecule has 1 aromatic carbocycles. The van der Waals surface area contributed by atoms with Crippen LogP contribution >= 0.6 is 0 Å². The van der Waals surface area contributed by atoms with Crippen LogP contribution in [0, 0.1) is 11.3 Å². The summed E-state index contributed by atoms with van der Waals surface area (Å²) in [4.78, 5) is 16.4. The van der Waals surface area contributed by atoms with Crippen LogP contribution in [0.4, 0.5) is 0 Å². The molecular formula is C18H24N4O2. The van der Waals surface area contributed by atoms with Crippen LogP contribution in [0.15, 0.2) is 24.3 Å². The Morgan fingerprint density at radius 3 is 2.62 bits per heavy atom. The number of nitrogens with one attached hydrogen (secondary N) is 1. The van der Waals surface area contributed by atoms with Gasteiger partial charge in [-0.1, -0.05) is 12.1 Å². The minimum Gasteiger partial charge on any atom is -0.491 e. The molecule has 1 saturated heterocycles. The summed E-state index contributed by atoms with van der Waals surface area (Å²) in [5, 5.41) is 12.1. The van der Waals surface area contributed by atoms with Gasteiger partial charge in [-0.05, 0) is 25.0 Å². The van der Waals surface area contributed by atoms with Gasteiger partial charge in [-0.3, -0.25) is 14.6 Å². The van der Waals surface area contributed by atoms with Gasteiger partial charge in [0.25, 0.3) is 0 Å². The molecule has 2 aliphatic rings. The Morgan fingerprint density at radius 1 is 1.21 bits per heavy atom. The highest BCUT2D eigenvalue weighted by Gasteiger charge is 2.25. The molecule has 128 valence electrons. The Kier molecular flexibility index (Phi) is 5.68. The Hall–Kier alpha value is -2.10. The van der Waals surface area contributed by atoms with Crippen molar-refractivity contribution in [3.05, 3.63) is 29.8 Å². The number of carbonyl (C=O) groups excluding carboxylic acids is 1. The van der Waals surface area contributed by atoms with Crippen molar-refractivity contribution in [1.29, 1.82) is 5.26 Å². The number of para-hydroxylation sites is 1. The molecular weight excluding hydrogens is 304 g/mol. The molecule has 0 aromatic heterocycles. The normalized spacial score (nSPS) is 18.8. The first-order valence-electron chi connectivity index (χ1n) is 8.60.